The number of β-amino-alcohol motifs (C(OH)–C–C–N with tert-alkyl or cyclic N) is 1. The Labute approximate surface area is 112 Å². The topological polar surface area (TPSA) is 44.7 Å². The summed E-state index contributed by atoms with van der Waals surface area (Å²) in [6.45, 7) is 11.5. The minimum atomic E-state index is -0.349. The second kappa shape index (κ2) is 8.86. The molecule has 1 heterocycles. The van der Waals surface area contributed by atoms with Crippen LogP contribution in [0.1, 0.15) is 33.6 Å². The van der Waals surface area contributed by atoms with Crippen molar-refractivity contribution in [1.29, 1.82) is 0 Å². The first-order chi connectivity index (χ1) is 8.71. The smallest absolute Gasteiger partial charge is 0.0900 e. The van der Waals surface area contributed by atoms with Crippen molar-refractivity contribution >= 4 is 0 Å². The van der Waals surface area contributed by atoms with E-state index < -0.39 is 0 Å². The second-order valence-corrected chi connectivity index (χ2v) is 5.19. The van der Waals surface area contributed by atoms with Gasteiger partial charge in [0.05, 0.1) is 12.7 Å². The number of piperidine rings is 1. The molecule has 0 bridgehead atoms. The summed E-state index contributed by atoms with van der Waals surface area (Å²) < 4.78 is 5.26. The van der Waals surface area contributed by atoms with E-state index in [9.17, 15) is 5.11 Å². The van der Waals surface area contributed by atoms with Crippen molar-refractivity contribution in [3.05, 3.63) is 0 Å². The number of ether oxygens (including phenoxy) is 1. The number of nitrogens with zero attached hydrogens (tertiary/aromatic N) is 1. The first-order valence-corrected chi connectivity index (χ1v) is 7.42. The van der Waals surface area contributed by atoms with Crippen LogP contribution in [0.2, 0.25) is 0 Å². The molecule has 0 saturated carbocycles. The summed E-state index contributed by atoms with van der Waals surface area (Å²) in [7, 11) is 0. The second-order valence-electron chi connectivity index (χ2n) is 5.19. The van der Waals surface area contributed by atoms with Crippen LogP contribution in [0.25, 0.3) is 0 Å². The molecule has 1 fully saturated rings. The molecule has 0 radical (unpaired) electrons. The highest BCUT2D eigenvalue weighted by Crippen LogP contribution is 2.20. The average molecular weight is 258 g/mol. The lowest BCUT2D eigenvalue weighted by molar-refractivity contribution is 0.00915. The van der Waals surface area contributed by atoms with Crippen LogP contribution in [0, 0.1) is 5.92 Å². The zero-order valence-electron chi connectivity index (χ0n) is 12.2. The average Bonchev–Trinajstić information content (AvgIpc) is 2.38. The highest BCUT2D eigenvalue weighted by molar-refractivity contribution is 4.85. The maximum absolute atomic E-state index is 9.88. The molecule has 4 heteroatoms. The summed E-state index contributed by atoms with van der Waals surface area (Å²) in [5.41, 5.74) is 0. The van der Waals surface area contributed by atoms with Crippen molar-refractivity contribution in [2.45, 2.75) is 45.8 Å². The van der Waals surface area contributed by atoms with E-state index in [1.54, 1.807) is 0 Å². The molecule has 108 valence electrons. The highest BCUT2D eigenvalue weighted by atomic mass is 16.5. The van der Waals surface area contributed by atoms with Crippen molar-refractivity contribution in [1.82, 2.24) is 10.2 Å². The van der Waals surface area contributed by atoms with Crippen LogP contribution in [0.3, 0.4) is 0 Å². The van der Waals surface area contributed by atoms with Crippen molar-refractivity contribution in [2.24, 2.45) is 5.92 Å². The fourth-order valence-electron chi connectivity index (χ4n) is 2.82. The Kier molecular flexibility index (Phi) is 7.82. The lowest BCUT2D eigenvalue weighted by atomic mass is 9.89. The first-order valence-electron chi connectivity index (χ1n) is 7.42. The largest absolute Gasteiger partial charge is 0.389 e. The predicted molar refractivity (Wildman–Crippen MR) is 74.8 cm³/mol. The van der Waals surface area contributed by atoms with Crippen LogP contribution in [-0.4, -0.2) is 61.5 Å². The third kappa shape index (κ3) is 5.22. The Morgan fingerprint density at radius 2 is 2.17 bits per heavy atom. The normalized spacial score (nSPS) is 27.3. The molecular formula is C14H30N2O2. The quantitative estimate of drug-likeness (QED) is 0.684. The molecular weight excluding hydrogens is 228 g/mol. The fraction of sp³-hybridized carbons (Fsp3) is 1.00. The minimum absolute atomic E-state index is 0.349. The van der Waals surface area contributed by atoms with E-state index in [0.29, 0.717) is 25.2 Å². The molecule has 0 aromatic rings. The third-order valence-corrected chi connectivity index (χ3v) is 3.79. The predicted octanol–water partition coefficient (Wildman–Crippen LogP) is 1.09. The molecule has 3 unspecified atom stereocenters. The van der Waals surface area contributed by atoms with Crippen LogP contribution in [-0.2, 0) is 4.74 Å². The standard InChI is InChI=1S/C14H30N2O2/c1-4-12-9-16(8-7-14(12)15-5-2)10-13(17)11-18-6-3/h12-15,17H,4-11H2,1-3H3. The van der Waals surface area contributed by atoms with E-state index in [-0.39, 0.29) is 6.10 Å². The van der Waals surface area contributed by atoms with Gasteiger partial charge in [0.2, 0.25) is 0 Å². The molecule has 1 aliphatic rings. The number of likely N-dealkylation sites (tertiary alicyclic amines) is 1. The van der Waals surface area contributed by atoms with E-state index in [0.717, 1.165) is 26.2 Å². The van der Waals surface area contributed by atoms with Crippen molar-refractivity contribution in [3.8, 4) is 0 Å². The van der Waals surface area contributed by atoms with Gasteiger partial charge in [-0.1, -0.05) is 20.3 Å². The first kappa shape index (κ1) is 15.9. The van der Waals surface area contributed by atoms with Gasteiger partial charge in [-0.3, -0.25) is 0 Å². The SMILES string of the molecule is CCNC1CCN(CC(O)COCC)CC1CC. The molecule has 0 aromatic carbocycles. The van der Waals surface area contributed by atoms with Gasteiger partial charge < -0.3 is 20.1 Å². The van der Waals surface area contributed by atoms with Crippen LogP contribution >= 0.6 is 0 Å². The lowest BCUT2D eigenvalue weighted by Crippen LogP contribution is -2.51. The number of aliphatic hydroxyl groups excluding tert-OH is 1. The minimum Gasteiger partial charge on any atom is -0.389 e. The molecule has 0 spiro atoms. The Balaban J connectivity index is 2.32. The van der Waals surface area contributed by atoms with Crippen molar-refractivity contribution < 1.29 is 9.84 Å². The molecule has 1 aliphatic heterocycles. The van der Waals surface area contributed by atoms with E-state index in [2.05, 4.69) is 24.1 Å². The molecule has 3 atom stereocenters. The molecule has 0 amide bonds. The number of hydrogen-bond acceptors (Lipinski definition) is 4. The van der Waals surface area contributed by atoms with Crippen LogP contribution in [0.4, 0.5) is 0 Å². The van der Waals surface area contributed by atoms with Gasteiger partial charge in [0.15, 0.2) is 0 Å². The molecule has 18 heavy (non-hydrogen) atoms. The zero-order valence-corrected chi connectivity index (χ0v) is 12.2. The Morgan fingerprint density at radius 1 is 1.39 bits per heavy atom. The van der Waals surface area contributed by atoms with Crippen molar-refractivity contribution in [3.63, 3.8) is 0 Å². The van der Waals surface area contributed by atoms with Gasteiger partial charge in [-0.25, -0.2) is 0 Å². The Bertz CT molecular complexity index is 214. The zero-order chi connectivity index (χ0) is 13.4. The summed E-state index contributed by atoms with van der Waals surface area (Å²) in [6, 6.07) is 0.653. The molecule has 1 saturated heterocycles. The number of nitrogens with one attached hydrogen (secondary N) is 1. The third-order valence-electron chi connectivity index (χ3n) is 3.79. The molecule has 0 aliphatic carbocycles. The number of aliphatic hydroxyl groups is 1. The van der Waals surface area contributed by atoms with Gasteiger partial charge >= 0.3 is 0 Å². The summed E-state index contributed by atoms with van der Waals surface area (Å²) in [5, 5.41) is 13.5. The van der Waals surface area contributed by atoms with E-state index in [1.165, 1.54) is 12.8 Å². The van der Waals surface area contributed by atoms with E-state index in [1.807, 2.05) is 6.92 Å². The van der Waals surface area contributed by atoms with Crippen LogP contribution < -0.4 is 5.32 Å². The maximum atomic E-state index is 9.88. The molecule has 2 N–H and O–H groups in total. The van der Waals surface area contributed by atoms with Gasteiger partial charge in [-0.05, 0) is 32.4 Å². The van der Waals surface area contributed by atoms with Gasteiger partial charge in [-0.2, -0.15) is 0 Å². The molecule has 4 nitrogen and oxygen atoms in total. The summed E-state index contributed by atoms with van der Waals surface area (Å²) in [5.74, 6) is 0.706. The summed E-state index contributed by atoms with van der Waals surface area (Å²) in [4.78, 5) is 2.38. The van der Waals surface area contributed by atoms with Crippen molar-refractivity contribution in [2.75, 3.05) is 39.4 Å². The van der Waals surface area contributed by atoms with Gasteiger partial charge in [0, 0.05) is 25.7 Å². The highest BCUT2D eigenvalue weighted by Gasteiger charge is 2.28. The van der Waals surface area contributed by atoms with Crippen LogP contribution in [0.5, 0.6) is 0 Å². The molecule has 1 rings (SSSR count). The lowest BCUT2D eigenvalue weighted by Gasteiger charge is -2.39. The number of rotatable bonds is 8. The Hall–Kier alpha value is -0.160. The summed E-state index contributed by atoms with van der Waals surface area (Å²) >= 11 is 0. The van der Waals surface area contributed by atoms with Gasteiger partial charge in [-0.15, -0.1) is 0 Å². The van der Waals surface area contributed by atoms with E-state index >= 15 is 0 Å². The fourth-order valence-corrected chi connectivity index (χ4v) is 2.82. The summed E-state index contributed by atoms with van der Waals surface area (Å²) in [6.07, 6.45) is 2.04. The van der Waals surface area contributed by atoms with Gasteiger partial charge in [0.1, 0.15) is 0 Å². The molecule has 0 aromatic heterocycles. The maximum Gasteiger partial charge on any atom is 0.0900 e. The Morgan fingerprint density at radius 3 is 2.78 bits per heavy atom. The van der Waals surface area contributed by atoms with Crippen LogP contribution in [0.15, 0.2) is 0 Å². The van der Waals surface area contributed by atoms with E-state index in [4.69, 9.17) is 4.74 Å². The van der Waals surface area contributed by atoms with Gasteiger partial charge in [0.25, 0.3) is 0 Å². The number of hydrogen-bond donors (Lipinski definition) is 2. The monoisotopic (exact) mass is 258 g/mol.